The summed E-state index contributed by atoms with van der Waals surface area (Å²) in [7, 11) is 1.65. The highest BCUT2D eigenvalue weighted by atomic mass is 19.1. The Labute approximate surface area is 119 Å². The van der Waals surface area contributed by atoms with Gasteiger partial charge >= 0.3 is 0 Å². The Morgan fingerprint density at radius 1 is 1.15 bits per heavy atom. The van der Waals surface area contributed by atoms with E-state index in [1.807, 2.05) is 30.3 Å². The molecule has 20 heavy (non-hydrogen) atoms. The lowest BCUT2D eigenvalue weighted by Gasteiger charge is -2.19. The van der Waals surface area contributed by atoms with Gasteiger partial charge in [-0.05, 0) is 48.7 Å². The van der Waals surface area contributed by atoms with Crippen LogP contribution in [0.1, 0.15) is 30.5 Å². The van der Waals surface area contributed by atoms with E-state index in [0.29, 0.717) is 5.56 Å². The summed E-state index contributed by atoms with van der Waals surface area (Å²) in [6.07, 6.45) is 0.918. The zero-order valence-electron chi connectivity index (χ0n) is 12.1. The number of aryl methyl sites for hydroxylation is 1. The molecule has 2 aromatic rings. The largest absolute Gasteiger partial charge is 0.497 e. The maximum Gasteiger partial charge on any atom is 0.128 e. The fourth-order valence-corrected chi connectivity index (χ4v) is 2.14. The van der Waals surface area contributed by atoms with Gasteiger partial charge in [0.2, 0.25) is 0 Å². The smallest absolute Gasteiger partial charge is 0.128 e. The van der Waals surface area contributed by atoms with Crippen LogP contribution in [-0.2, 0) is 0 Å². The number of methoxy groups -OCH3 is 1. The Kier molecular flexibility index (Phi) is 4.61. The molecule has 2 rings (SSSR count). The van der Waals surface area contributed by atoms with Crippen molar-refractivity contribution >= 4 is 5.69 Å². The van der Waals surface area contributed by atoms with Gasteiger partial charge in [-0.25, -0.2) is 4.39 Å². The predicted octanol–water partition coefficient (Wildman–Crippen LogP) is 4.71. The van der Waals surface area contributed by atoms with Crippen molar-refractivity contribution < 1.29 is 9.13 Å². The Balaban J connectivity index is 2.16. The maximum atomic E-state index is 13.6. The minimum atomic E-state index is -0.181. The highest BCUT2D eigenvalue weighted by molar-refractivity contribution is 5.47. The van der Waals surface area contributed by atoms with Gasteiger partial charge in [-0.3, -0.25) is 0 Å². The summed E-state index contributed by atoms with van der Waals surface area (Å²) < 4.78 is 18.7. The van der Waals surface area contributed by atoms with Gasteiger partial charge in [0.1, 0.15) is 11.6 Å². The van der Waals surface area contributed by atoms with Crippen molar-refractivity contribution in [2.75, 3.05) is 12.4 Å². The fraction of sp³-hybridized carbons (Fsp3) is 0.294. The Bertz CT molecular complexity index is 566. The first-order chi connectivity index (χ1) is 9.63. The molecule has 1 atom stereocenters. The Hall–Kier alpha value is -2.03. The minimum absolute atomic E-state index is 0.156. The van der Waals surface area contributed by atoms with E-state index in [-0.39, 0.29) is 11.9 Å². The molecule has 0 bridgehead atoms. The van der Waals surface area contributed by atoms with Crippen LogP contribution in [0.2, 0.25) is 0 Å². The molecule has 0 spiro atoms. The number of anilines is 1. The molecule has 0 saturated heterocycles. The van der Waals surface area contributed by atoms with Crippen LogP contribution in [0, 0.1) is 12.7 Å². The fourth-order valence-electron chi connectivity index (χ4n) is 2.14. The third-order valence-corrected chi connectivity index (χ3v) is 3.44. The van der Waals surface area contributed by atoms with E-state index in [4.69, 9.17) is 4.74 Å². The predicted molar refractivity (Wildman–Crippen MR) is 80.8 cm³/mol. The first-order valence-electron chi connectivity index (χ1n) is 6.80. The van der Waals surface area contributed by atoms with Crippen molar-refractivity contribution in [1.82, 2.24) is 0 Å². The van der Waals surface area contributed by atoms with Crippen molar-refractivity contribution in [3.05, 3.63) is 59.4 Å². The molecule has 106 valence electrons. The van der Waals surface area contributed by atoms with E-state index < -0.39 is 0 Å². The second kappa shape index (κ2) is 6.42. The Morgan fingerprint density at radius 3 is 2.40 bits per heavy atom. The molecule has 1 N–H and O–H groups in total. The number of halogens is 1. The second-order valence-corrected chi connectivity index (χ2v) is 4.84. The summed E-state index contributed by atoms with van der Waals surface area (Å²) in [4.78, 5) is 0. The number of hydrogen-bond acceptors (Lipinski definition) is 2. The Morgan fingerprint density at radius 2 is 1.85 bits per heavy atom. The molecule has 0 heterocycles. The topological polar surface area (TPSA) is 21.3 Å². The van der Waals surface area contributed by atoms with Gasteiger partial charge < -0.3 is 10.1 Å². The SMILES string of the molecule is CCC(Nc1ccc(C)c(F)c1)c1ccc(OC)cc1. The van der Waals surface area contributed by atoms with Gasteiger partial charge in [0.15, 0.2) is 0 Å². The maximum absolute atomic E-state index is 13.6. The summed E-state index contributed by atoms with van der Waals surface area (Å²) in [5, 5.41) is 3.37. The quantitative estimate of drug-likeness (QED) is 0.852. The highest BCUT2D eigenvalue weighted by Crippen LogP contribution is 2.25. The van der Waals surface area contributed by atoms with Crippen LogP contribution in [-0.4, -0.2) is 7.11 Å². The van der Waals surface area contributed by atoms with Crippen molar-refractivity contribution in [1.29, 1.82) is 0 Å². The zero-order chi connectivity index (χ0) is 14.5. The summed E-state index contributed by atoms with van der Waals surface area (Å²) in [6.45, 7) is 3.87. The van der Waals surface area contributed by atoms with Crippen LogP contribution < -0.4 is 10.1 Å². The highest BCUT2D eigenvalue weighted by Gasteiger charge is 2.10. The third-order valence-electron chi connectivity index (χ3n) is 3.44. The monoisotopic (exact) mass is 273 g/mol. The second-order valence-electron chi connectivity index (χ2n) is 4.84. The molecule has 0 aliphatic heterocycles. The molecule has 0 aliphatic rings. The molecular formula is C17H20FNO. The molecule has 0 saturated carbocycles. The third kappa shape index (κ3) is 3.29. The van der Waals surface area contributed by atoms with Gasteiger partial charge in [0.05, 0.1) is 13.2 Å². The summed E-state index contributed by atoms with van der Waals surface area (Å²) in [5.74, 6) is 0.657. The lowest BCUT2D eigenvalue weighted by Crippen LogP contribution is -2.09. The van der Waals surface area contributed by atoms with Crippen LogP contribution in [0.5, 0.6) is 5.75 Å². The van der Waals surface area contributed by atoms with Crippen LogP contribution in [0.3, 0.4) is 0 Å². The average molecular weight is 273 g/mol. The number of rotatable bonds is 5. The van der Waals surface area contributed by atoms with Gasteiger partial charge in [-0.2, -0.15) is 0 Å². The molecule has 2 nitrogen and oxygen atoms in total. The van der Waals surface area contributed by atoms with E-state index in [9.17, 15) is 4.39 Å². The van der Waals surface area contributed by atoms with E-state index in [0.717, 1.165) is 23.4 Å². The molecule has 1 unspecified atom stereocenters. The van der Waals surface area contributed by atoms with Crippen LogP contribution in [0.4, 0.5) is 10.1 Å². The van der Waals surface area contributed by atoms with Crippen LogP contribution in [0.15, 0.2) is 42.5 Å². The summed E-state index contributed by atoms with van der Waals surface area (Å²) in [5.41, 5.74) is 2.62. The standard InChI is InChI=1S/C17H20FNO/c1-4-17(13-6-9-15(20-3)10-7-13)19-14-8-5-12(2)16(18)11-14/h5-11,17,19H,4H2,1-3H3. The molecule has 0 radical (unpaired) electrons. The molecule has 0 amide bonds. The first kappa shape index (κ1) is 14.4. The van der Waals surface area contributed by atoms with Gasteiger partial charge in [0, 0.05) is 5.69 Å². The van der Waals surface area contributed by atoms with Crippen molar-refractivity contribution in [2.45, 2.75) is 26.3 Å². The molecular weight excluding hydrogens is 253 g/mol. The van der Waals surface area contributed by atoms with Gasteiger partial charge in [-0.1, -0.05) is 25.1 Å². The van der Waals surface area contributed by atoms with E-state index in [2.05, 4.69) is 12.2 Å². The molecule has 0 aliphatic carbocycles. The molecule has 0 fully saturated rings. The lowest BCUT2D eigenvalue weighted by atomic mass is 10.0. The number of hydrogen-bond donors (Lipinski definition) is 1. The van der Waals surface area contributed by atoms with Crippen molar-refractivity contribution in [3.63, 3.8) is 0 Å². The van der Waals surface area contributed by atoms with Gasteiger partial charge in [-0.15, -0.1) is 0 Å². The van der Waals surface area contributed by atoms with Crippen LogP contribution in [0.25, 0.3) is 0 Å². The summed E-state index contributed by atoms with van der Waals surface area (Å²) in [6, 6.07) is 13.3. The zero-order valence-corrected chi connectivity index (χ0v) is 12.1. The van der Waals surface area contributed by atoms with E-state index in [1.54, 1.807) is 26.2 Å². The number of nitrogens with one attached hydrogen (secondary N) is 1. The van der Waals surface area contributed by atoms with Crippen molar-refractivity contribution in [3.8, 4) is 5.75 Å². The normalized spacial score (nSPS) is 12.0. The number of ether oxygens (including phenoxy) is 1. The minimum Gasteiger partial charge on any atom is -0.497 e. The van der Waals surface area contributed by atoms with E-state index in [1.165, 1.54) is 0 Å². The number of benzene rings is 2. The molecule has 2 aromatic carbocycles. The van der Waals surface area contributed by atoms with Crippen molar-refractivity contribution in [2.24, 2.45) is 0 Å². The molecule has 0 aromatic heterocycles. The van der Waals surface area contributed by atoms with E-state index >= 15 is 0 Å². The van der Waals surface area contributed by atoms with Crippen LogP contribution >= 0.6 is 0 Å². The van der Waals surface area contributed by atoms with Gasteiger partial charge in [0.25, 0.3) is 0 Å². The molecule has 3 heteroatoms. The summed E-state index contributed by atoms with van der Waals surface area (Å²) >= 11 is 0. The first-order valence-corrected chi connectivity index (χ1v) is 6.80. The lowest BCUT2D eigenvalue weighted by molar-refractivity contribution is 0.414. The average Bonchev–Trinajstić information content (AvgIpc) is 2.48.